The van der Waals surface area contributed by atoms with Crippen LogP contribution in [0.2, 0.25) is 0 Å². The molecule has 2 aromatic rings. The molecule has 0 aromatic carbocycles. The van der Waals surface area contributed by atoms with E-state index >= 15 is 0 Å². The zero-order chi connectivity index (χ0) is 25.6. The molecule has 1 atom stereocenters. The Hall–Kier alpha value is -3.65. The molecule has 3 heterocycles. The van der Waals surface area contributed by atoms with E-state index in [4.69, 9.17) is 10.6 Å². The lowest BCUT2D eigenvalue weighted by molar-refractivity contribution is -0.689. The van der Waals surface area contributed by atoms with Crippen LogP contribution in [0, 0.1) is 0 Å². The van der Waals surface area contributed by atoms with Crippen molar-refractivity contribution in [2.75, 3.05) is 18.0 Å². The van der Waals surface area contributed by atoms with Gasteiger partial charge in [0.1, 0.15) is 5.69 Å². The van der Waals surface area contributed by atoms with Gasteiger partial charge in [0, 0.05) is 35.4 Å². The van der Waals surface area contributed by atoms with Gasteiger partial charge < -0.3 is 36.2 Å². The third-order valence-corrected chi connectivity index (χ3v) is 6.66. The maximum atomic E-state index is 12.9. The monoisotopic (exact) mass is 520 g/mol. The molecule has 0 radical (unpaired) electrons. The molecule has 1 amide bonds. The third kappa shape index (κ3) is 6.93. The molecule has 1 aliphatic heterocycles. The second kappa shape index (κ2) is 11.2. The average molecular weight is 521 g/mol. The number of nitrogens with two attached hydrogens (primary N) is 1. The molecule has 0 spiro atoms. The Balaban J connectivity index is 1.70. The van der Waals surface area contributed by atoms with Crippen molar-refractivity contribution in [2.45, 2.75) is 31.4 Å². The lowest BCUT2D eigenvalue weighted by Gasteiger charge is -2.29. The Morgan fingerprint density at radius 3 is 2.69 bits per heavy atom. The first-order valence-corrected chi connectivity index (χ1v) is 12.2. The SMILES string of the molecule is CC(C)(O/N=C(\C(=O)NC[C@@H]1NC(C(=O)[O-])=C(C[n+]2ccccc2)CS1)c1csc(N)n1)C(=O)O. The van der Waals surface area contributed by atoms with Crippen LogP contribution in [0.3, 0.4) is 0 Å². The molecule has 1 aliphatic rings. The van der Waals surface area contributed by atoms with Crippen molar-refractivity contribution in [1.29, 1.82) is 0 Å². The van der Waals surface area contributed by atoms with E-state index in [-0.39, 0.29) is 28.8 Å². The Kier molecular flexibility index (Phi) is 8.30. The Labute approximate surface area is 208 Å². The molecule has 0 unspecified atom stereocenters. The average Bonchev–Trinajstić information content (AvgIpc) is 3.24. The van der Waals surface area contributed by atoms with Gasteiger partial charge in [0.25, 0.3) is 5.91 Å². The summed E-state index contributed by atoms with van der Waals surface area (Å²) in [6.45, 7) is 2.98. The van der Waals surface area contributed by atoms with Crippen LogP contribution in [0.15, 0.2) is 52.4 Å². The lowest BCUT2D eigenvalue weighted by Crippen LogP contribution is -2.48. The molecule has 0 fully saturated rings. The predicted octanol–water partition coefficient (Wildman–Crippen LogP) is -0.920. The zero-order valence-electron chi connectivity index (χ0n) is 18.9. The second-order valence-corrected chi connectivity index (χ2v) is 9.97. The van der Waals surface area contributed by atoms with Crippen molar-refractivity contribution in [3.63, 3.8) is 0 Å². The van der Waals surface area contributed by atoms with E-state index in [0.29, 0.717) is 17.9 Å². The highest BCUT2D eigenvalue weighted by Crippen LogP contribution is 2.22. The Bertz CT molecular complexity index is 1160. The number of aliphatic carboxylic acids is 2. The molecule has 2 aromatic heterocycles. The largest absolute Gasteiger partial charge is 0.543 e. The molecule has 35 heavy (non-hydrogen) atoms. The van der Waals surface area contributed by atoms with Crippen molar-refractivity contribution in [1.82, 2.24) is 15.6 Å². The molecular weight excluding hydrogens is 496 g/mol. The first kappa shape index (κ1) is 26.0. The maximum absolute atomic E-state index is 12.9. The van der Waals surface area contributed by atoms with Crippen molar-refractivity contribution in [3.05, 3.63) is 52.9 Å². The fourth-order valence-corrected chi connectivity index (χ4v) is 4.43. The van der Waals surface area contributed by atoms with Gasteiger partial charge in [-0.1, -0.05) is 11.2 Å². The molecule has 0 aliphatic carbocycles. The number of carbonyl (C=O) groups is 3. The van der Waals surface area contributed by atoms with Crippen molar-refractivity contribution < 1.29 is 34.0 Å². The normalized spacial score (nSPS) is 16.4. The maximum Gasteiger partial charge on any atom is 0.350 e. The van der Waals surface area contributed by atoms with E-state index in [1.54, 1.807) is 0 Å². The van der Waals surface area contributed by atoms with Crippen molar-refractivity contribution in [2.24, 2.45) is 5.16 Å². The number of carboxylic acids is 2. The quantitative estimate of drug-likeness (QED) is 0.174. The van der Waals surface area contributed by atoms with Crippen molar-refractivity contribution in [3.8, 4) is 0 Å². The number of nitrogen functional groups attached to an aromatic ring is 1. The summed E-state index contributed by atoms with van der Waals surface area (Å²) < 4.78 is 1.85. The molecule has 0 bridgehead atoms. The highest BCUT2D eigenvalue weighted by molar-refractivity contribution is 8.00. The number of carbonyl (C=O) groups excluding carboxylic acids is 2. The fourth-order valence-electron chi connectivity index (χ4n) is 2.84. The van der Waals surface area contributed by atoms with Gasteiger partial charge in [-0.25, -0.2) is 14.3 Å². The summed E-state index contributed by atoms with van der Waals surface area (Å²) in [5.74, 6) is -2.88. The highest BCUT2D eigenvalue weighted by Gasteiger charge is 2.31. The number of thioether (sulfide) groups is 1. The first-order chi connectivity index (χ1) is 16.6. The summed E-state index contributed by atoms with van der Waals surface area (Å²) in [5, 5.41) is 31.5. The summed E-state index contributed by atoms with van der Waals surface area (Å²) in [6.07, 6.45) is 3.66. The van der Waals surface area contributed by atoms with Gasteiger partial charge in [0.15, 0.2) is 29.8 Å². The van der Waals surface area contributed by atoms with Gasteiger partial charge in [0.05, 0.1) is 17.0 Å². The van der Waals surface area contributed by atoms with Crippen LogP contribution in [0.4, 0.5) is 5.13 Å². The van der Waals surface area contributed by atoms with E-state index in [1.165, 1.54) is 31.0 Å². The smallest absolute Gasteiger partial charge is 0.350 e. The molecule has 12 nitrogen and oxygen atoms in total. The minimum atomic E-state index is -1.69. The molecular formula is C21H24N6O6S2. The van der Waals surface area contributed by atoms with Crippen LogP contribution in [0.25, 0.3) is 0 Å². The minimum absolute atomic E-state index is 0.0212. The Morgan fingerprint density at radius 2 is 2.09 bits per heavy atom. The van der Waals surface area contributed by atoms with Gasteiger partial charge in [-0.05, 0) is 13.8 Å². The van der Waals surface area contributed by atoms with Gasteiger partial charge in [-0.2, -0.15) is 0 Å². The van der Waals surface area contributed by atoms with Crippen LogP contribution in [-0.2, 0) is 25.8 Å². The summed E-state index contributed by atoms with van der Waals surface area (Å²) in [5.41, 5.74) is 4.46. The summed E-state index contributed by atoms with van der Waals surface area (Å²) in [6, 6.07) is 5.55. The third-order valence-electron chi connectivity index (χ3n) is 4.78. The summed E-state index contributed by atoms with van der Waals surface area (Å²) in [7, 11) is 0. The van der Waals surface area contributed by atoms with Crippen LogP contribution < -0.4 is 26.0 Å². The highest BCUT2D eigenvalue weighted by atomic mass is 32.2. The number of carboxylic acid groups (broad SMARTS) is 2. The van der Waals surface area contributed by atoms with Crippen LogP contribution >= 0.6 is 23.1 Å². The molecule has 5 N–H and O–H groups in total. The van der Waals surface area contributed by atoms with Crippen molar-refractivity contribution >= 4 is 51.8 Å². The molecule has 14 heteroatoms. The number of aromatic nitrogens is 2. The van der Waals surface area contributed by atoms with E-state index in [0.717, 1.165) is 11.3 Å². The molecule has 0 saturated heterocycles. The standard InChI is InChI=1S/C21H24N6O6S2/c1-21(2,19(31)32)33-26-16(13-11-35-20(22)24-13)17(28)23-8-14-25-15(18(29)30)12(10-34-14)9-27-6-4-3-5-7-27/h3-7,11,14,25H,8-10H2,1-2H3,(H4-,22,23,24,28,29,30,31,32)/b26-16-/t14-/m1/s1. The predicted molar refractivity (Wildman–Crippen MR) is 127 cm³/mol. The topological polar surface area (TPSA) is 183 Å². The van der Waals surface area contributed by atoms with Gasteiger partial charge >= 0.3 is 5.97 Å². The van der Waals surface area contributed by atoms with E-state index in [9.17, 15) is 24.6 Å². The number of thiazole rings is 1. The van der Waals surface area contributed by atoms with Crippen LogP contribution in [0.1, 0.15) is 19.5 Å². The number of anilines is 1. The van der Waals surface area contributed by atoms with Gasteiger partial charge in [-0.15, -0.1) is 23.1 Å². The van der Waals surface area contributed by atoms with Crippen LogP contribution in [-0.4, -0.2) is 56.9 Å². The number of nitrogens with zero attached hydrogens (tertiary/aromatic N) is 3. The minimum Gasteiger partial charge on any atom is -0.543 e. The molecule has 186 valence electrons. The van der Waals surface area contributed by atoms with E-state index in [1.807, 2.05) is 35.2 Å². The fraction of sp³-hybridized carbons (Fsp3) is 0.333. The number of oxime groups is 1. The zero-order valence-corrected chi connectivity index (χ0v) is 20.5. The van der Waals surface area contributed by atoms with E-state index < -0.39 is 28.8 Å². The first-order valence-electron chi connectivity index (χ1n) is 10.3. The number of rotatable bonds is 10. The number of hydrogen-bond acceptors (Lipinski definition) is 11. The van der Waals surface area contributed by atoms with Gasteiger partial charge in [0.2, 0.25) is 5.60 Å². The van der Waals surface area contributed by atoms with Crippen LogP contribution in [0.5, 0.6) is 0 Å². The van der Waals surface area contributed by atoms with E-state index in [2.05, 4.69) is 20.8 Å². The second-order valence-electron chi connectivity index (χ2n) is 7.89. The Morgan fingerprint density at radius 1 is 1.37 bits per heavy atom. The summed E-state index contributed by atoms with van der Waals surface area (Å²) in [4.78, 5) is 45.0. The molecule has 3 rings (SSSR count). The summed E-state index contributed by atoms with van der Waals surface area (Å²) >= 11 is 2.49. The number of nitrogens with one attached hydrogen (secondary N) is 2. The molecule has 0 saturated carbocycles. The number of hydrogen-bond donors (Lipinski definition) is 4. The lowest BCUT2D eigenvalue weighted by atomic mass is 10.1. The number of pyridine rings is 1. The number of amides is 1. The van der Waals surface area contributed by atoms with Gasteiger partial charge in [-0.3, -0.25) is 4.79 Å².